The van der Waals surface area contributed by atoms with Crippen molar-refractivity contribution < 1.29 is 34.0 Å². The molecule has 2 N–H and O–H groups in total. The fourth-order valence-electron chi connectivity index (χ4n) is 10.3. The number of hydrogen-bond acceptors (Lipinski definition) is 7. The zero-order chi connectivity index (χ0) is 37.9. The van der Waals surface area contributed by atoms with Crippen molar-refractivity contribution in [2.45, 2.75) is 162 Å². The summed E-state index contributed by atoms with van der Waals surface area (Å²) in [6, 6.07) is 0. The fraction of sp³-hybridized carbons (Fsp3) is 0.867. The van der Waals surface area contributed by atoms with Crippen LogP contribution in [-0.2, 0) is 23.8 Å². The standard InChI is InChI=1S/C45H78O7/c1-7-9-10-14-34-17-19-36(20-18-34)37-21-22-42(38(27-37)13-8-2)41-28-39(15-11-24-51-44(48)32(3)4)43(50-26-23-35(30-46)31-47)40(29-41)16-12-25-52-45(49)33(5)6/h34-43,46-47H,3,5,7-31H2,1-2,4,6H3. The largest absolute Gasteiger partial charge is 0.462 e. The minimum absolute atomic E-state index is 0.0384. The van der Waals surface area contributed by atoms with Crippen molar-refractivity contribution in [3.8, 4) is 0 Å². The molecular formula is C45H78O7. The van der Waals surface area contributed by atoms with Gasteiger partial charge in [-0.3, -0.25) is 0 Å². The highest BCUT2D eigenvalue weighted by Crippen LogP contribution is 2.52. The lowest BCUT2D eigenvalue weighted by Gasteiger charge is -2.49. The molecule has 0 heterocycles. The first-order valence-electron chi connectivity index (χ1n) is 21.6. The highest BCUT2D eigenvalue weighted by atomic mass is 16.5. The van der Waals surface area contributed by atoms with Crippen molar-refractivity contribution in [1.29, 1.82) is 0 Å². The Hall–Kier alpha value is -1.70. The Morgan fingerprint density at radius 3 is 1.71 bits per heavy atom. The normalized spacial score (nSPS) is 29.5. The van der Waals surface area contributed by atoms with Crippen LogP contribution in [0.2, 0.25) is 0 Å². The van der Waals surface area contributed by atoms with E-state index < -0.39 is 0 Å². The summed E-state index contributed by atoms with van der Waals surface area (Å²) in [5, 5.41) is 19.4. The summed E-state index contributed by atoms with van der Waals surface area (Å²) in [4.78, 5) is 24.3. The average molecular weight is 731 g/mol. The minimum atomic E-state index is -0.334. The molecule has 7 heteroatoms. The van der Waals surface area contributed by atoms with E-state index in [2.05, 4.69) is 27.0 Å². The summed E-state index contributed by atoms with van der Waals surface area (Å²) in [5.41, 5.74) is 0.845. The van der Waals surface area contributed by atoms with Crippen molar-refractivity contribution in [3.63, 3.8) is 0 Å². The molecule has 7 nitrogen and oxygen atoms in total. The second kappa shape index (κ2) is 24.7. The first-order chi connectivity index (χ1) is 25.1. The minimum Gasteiger partial charge on any atom is -0.462 e. The molecule has 5 unspecified atom stereocenters. The van der Waals surface area contributed by atoms with Gasteiger partial charge < -0.3 is 24.4 Å². The molecule has 3 saturated carbocycles. The lowest BCUT2D eigenvalue weighted by molar-refractivity contribution is -0.139. The van der Waals surface area contributed by atoms with Gasteiger partial charge >= 0.3 is 11.9 Å². The van der Waals surface area contributed by atoms with Crippen LogP contribution in [0.4, 0.5) is 0 Å². The molecule has 0 bridgehead atoms. The molecule has 0 spiro atoms. The number of aliphatic hydroxyl groups excluding tert-OH is 2. The average Bonchev–Trinajstić information content (AvgIpc) is 3.14. The molecule has 0 aliphatic heterocycles. The Balaban J connectivity index is 1.75. The van der Waals surface area contributed by atoms with E-state index in [9.17, 15) is 19.8 Å². The smallest absolute Gasteiger partial charge is 0.333 e. The molecule has 0 aromatic rings. The Morgan fingerprint density at radius 1 is 0.635 bits per heavy atom. The SMILES string of the molecule is C=C(C)C(=O)OCCCC1CC(C2CCC(C3CCC(CCCCC)CC3)CC2CCC)CC(CCCOC(=O)C(=C)C)C1OCCC(CO)CO. The quantitative estimate of drug-likeness (QED) is 0.0579. The van der Waals surface area contributed by atoms with Gasteiger partial charge in [-0.1, -0.05) is 78.4 Å². The third kappa shape index (κ3) is 14.9. The summed E-state index contributed by atoms with van der Waals surface area (Å²) < 4.78 is 17.8. The molecule has 3 rings (SSSR count). The van der Waals surface area contributed by atoms with E-state index in [1.54, 1.807) is 13.8 Å². The van der Waals surface area contributed by atoms with Gasteiger partial charge in [0, 0.05) is 36.9 Å². The summed E-state index contributed by atoms with van der Waals surface area (Å²) in [6.45, 7) is 16.7. The summed E-state index contributed by atoms with van der Waals surface area (Å²) >= 11 is 0. The van der Waals surface area contributed by atoms with Crippen molar-refractivity contribution in [3.05, 3.63) is 24.3 Å². The fourth-order valence-corrected chi connectivity index (χ4v) is 10.3. The summed E-state index contributed by atoms with van der Waals surface area (Å²) in [6.07, 6.45) is 24.3. The van der Waals surface area contributed by atoms with Crippen molar-refractivity contribution in [2.24, 2.45) is 53.3 Å². The number of esters is 2. The number of carbonyl (C=O) groups is 2. The second-order valence-corrected chi connectivity index (χ2v) is 17.3. The van der Waals surface area contributed by atoms with Gasteiger partial charge in [0.05, 0.1) is 19.3 Å². The van der Waals surface area contributed by atoms with Crippen LogP contribution in [0.1, 0.15) is 156 Å². The number of ether oxygens (including phenoxy) is 3. The first-order valence-corrected chi connectivity index (χ1v) is 21.6. The van der Waals surface area contributed by atoms with Crippen molar-refractivity contribution in [1.82, 2.24) is 0 Å². The van der Waals surface area contributed by atoms with Crippen LogP contribution in [0.5, 0.6) is 0 Å². The number of carbonyl (C=O) groups excluding carboxylic acids is 2. The zero-order valence-corrected chi connectivity index (χ0v) is 33.8. The lowest BCUT2D eigenvalue weighted by atomic mass is 9.58. The molecule has 5 atom stereocenters. The molecule has 0 aromatic heterocycles. The topological polar surface area (TPSA) is 102 Å². The van der Waals surface area contributed by atoms with Crippen LogP contribution in [0.3, 0.4) is 0 Å². The van der Waals surface area contributed by atoms with Gasteiger partial charge in [0.1, 0.15) is 0 Å². The maximum absolute atomic E-state index is 12.1. The van der Waals surface area contributed by atoms with E-state index in [1.165, 1.54) is 83.5 Å². The van der Waals surface area contributed by atoms with Gasteiger partial charge in [-0.2, -0.15) is 0 Å². The van der Waals surface area contributed by atoms with Crippen LogP contribution in [-0.4, -0.2) is 61.3 Å². The van der Waals surface area contributed by atoms with E-state index in [0.29, 0.717) is 55.1 Å². The van der Waals surface area contributed by atoms with Gasteiger partial charge in [0.2, 0.25) is 0 Å². The maximum atomic E-state index is 12.1. The van der Waals surface area contributed by atoms with E-state index >= 15 is 0 Å². The Morgan fingerprint density at radius 2 is 1.19 bits per heavy atom. The van der Waals surface area contributed by atoms with Crippen LogP contribution < -0.4 is 0 Å². The maximum Gasteiger partial charge on any atom is 0.333 e. The van der Waals surface area contributed by atoms with Gasteiger partial charge in [0.25, 0.3) is 0 Å². The Kier molecular flexibility index (Phi) is 21.2. The van der Waals surface area contributed by atoms with E-state index in [0.717, 1.165) is 68.1 Å². The molecule has 3 aliphatic rings. The molecule has 3 aliphatic carbocycles. The van der Waals surface area contributed by atoms with Crippen LogP contribution in [0, 0.1) is 53.3 Å². The van der Waals surface area contributed by atoms with E-state index in [4.69, 9.17) is 14.2 Å². The monoisotopic (exact) mass is 731 g/mol. The third-order valence-corrected chi connectivity index (χ3v) is 13.2. The van der Waals surface area contributed by atoms with Crippen LogP contribution >= 0.6 is 0 Å². The van der Waals surface area contributed by atoms with Crippen LogP contribution in [0.25, 0.3) is 0 Å². The number of hydrogen-bond donors (Lipinski definition) is 2. The predicted molar refractivity (Wildman–Crippen MR) is 211 cm³/mol. The highest BCUT2D eigenvalue weighted by molar-refractivity contribution is 5.87. The number of rotatable bonds is 24. The van der Waals surface area contributed by atoms with E-state index in [-0.39, 0.29) is 37.2 Å². The first kappa shape index (κ1) is 44.7. The zero-order valence-electron chi connectivity index (χ0n) is 33.8. The van der Waals surface area contributed by atoms with Gasteiger partial charge in [0.15, 0.2) is 0 Å². The molecule has 0 saturated heterocycles. The van der Waals surface area contributed by atoms with Crippen LogP contribution in [0.15, 0.2) is 24.3 Å². The predicted octanol–water partition coefficient (Wildman–Crippen LogP) is 10.0. The molecule has 0 amide bonds. The lowest BCUT2D eigenvalue weighted by Crippen LogP contribution is -2.44. The van der Waals surface area contributed by atoms with Crippen molar-refractivity contribution >= 4 is 11.9 Å². The molecule has 0 aromatic carbocycles. The van der Waals surface area contributed by atoms with E-state index in [1.807, 2.05) is 0 Å². The molecule has 300 valence electrons. The second-order valence-electron chi connectivity index (χ2n) is 17.3. The molecule has 52 heavy (non-hydrogen) atoms. The third-order valence-electron chi connectivity index (χ3n) is 13.2. The highest BCUT2D eigenvalue weighted by Gasteiger charge is 2.44. The summed E-state index contributed by atoms with van der Waals surface area (Å²) in [5.74, 6) is 4.69. The van der Waals surface area contributed by atoms with Crippen molar-refractivity contribution in [2.75, 3.05) is 33.0 Å². The number of unbranched alkanes of at least 4 members (excludes halogenated alkanes) is 2. The van der Waals surface area contributed by atoms with Gasteiger partial charge in [-0.15, -0.1) is 0 Å². The molecular weight excluding hydrogens is 652 g/mol. The molecule has 0 radical (unpaired) electrons. The Bertz CT molecular complexity index is 1000. The Labute approximate surface area is 318 Å². The molecule has 3 fully saturated rings. The number of aliphatic hydroxyl groups is 2. The van der Waals surface area contributed by atoms with Gasteiger partial charge in [-0.25, -0.2) is 9.59 Å². The summed E-state index contributed by atoms with van der Waals surface area (Å²) in [7, 11) is 0. The van der Waals surface area contributed by atoms with Gasteiger partial charge in [-0.05, 0) is 138 Å².